The van der Waals surface area contributed by atoms with E-state index < -0.39 is 5.92 Å². The van der Waals surface area contributed by atoms with Gasteiger partial charge < -0.3 is 10.0 Å². The molecule has 0 aromatic heterocycles. The first-order chi connectivity index (χ1) is 12.4. The maximum absolute atomic E-state index is 12.9. The van der Waals surface area contributed by atoms with Crippen LogP contribution >= 0.6 is 31.9 Å². The van der Waals surface area contributed by atoms with Crippen LogP contribution in [0.5, 0.6) is 5.75 Å². The fourth-order valence-electron chi connectivity index (χ4n) is 4.47. The number of Topliss-reactive ketones (excluding diaryl/α,β-unsaturated/α-hetero) is 2. The van der Waals surface area contributed by atoms with E-state index in [4.69, 9.17) is 0 Å². The molecule has 4 nitrogen and oxygen atoms in total. The van der Waals surface area contributed by atoms with E-state index in [9.17, 15) is 14.7 Å². The van der Waals surface area contributed by atoms with Gasteiger partial charge in [-0.3, -0.25) is 9.59 Å². The Morgan fingerprint density at radius 2 is 1.50 bits per heavy atom. The molecule has 1 heterocycles. The minimum Gasteiger partial charge on any atom is -0.506 e. The molecule has 0 saturated carbocycles. The number of carbonyl (C=O) groups excluding carboxylic acids is 2. The third kappa shape index (κ3) is 2.69. The SMILES string of the molecule is CN1C2=C(C(=O)CCC2)C(c2cc(Br)cc(Br)c2O)C2=C1CCCC2=O. The Kier molecular flexibility index (Phi) is 4.59. The van der Waals surface area contributed by atoms with E-state index in [2.05, 4.69) is 36.8 Å². The molecule has 1 aromatic rings. The summed E-state index contributed by atoms with van der Waals surface area (Å²) in [5.74, 6) is -0.212. The first-order valence-electron chi connectivity index (χ1n) is 8.84. The Morgan fingerprint density at radius 1 is 0.962 bits per heavy atom. The zero-order valence-corrected chi connectivity index (χ0v) is 17.6. The van der Waals surface area contributed by atoms with Crippen LogP contribution in [0.25, 0.3) is 0 Å². The summed E-state index contributed by atoms with van der Waals surface area (Å²) in [5, 5.41) is 10.7. The number of nitrogens with zero attached hydrogens (tertiary/aromatic N) is 1. The summed E-state index contributed by atoms with van der Waals surface area (Å²) in [7, 11) is 1.97. The lowest BCUT2D eigenvalue weighted by Crippen LogP contribution is -2.37. The summed E-state index contributed by atoms with van der Waals surface area (Å²) >= 11 is 6.87. The standard InChI is InChI=1S/C20H19Br2NO3/c1-23-13-4-2-6-15(24)18(13)17(19-14(23)5-3-7-16(19)25)11-8-10(21)9-12(22)20(11)26/h8-9,17,26H,2-7H2,1H3. The van der Waals surface area contributed by atoms with Crippen molar-refractivity contribution >= 4 is 43.4 Å². The van der Waals surface area contributed by atoms with Crippen LogP contribution in [0, 0.1) is 0 Å². The van der Waals surface area contributed by atoms with Crippen molar-refractivity contribution in [2.24, 2.45) is 0 Å². The maximum atomic E-state index is 12.9. The molecule has 0 atom stereocenters. The van der Waals surface area contributed by atoms with E-state index in [1.54, 1.807) is 6.07 Å². The van der Waals surface area contributed by atoms with Gasteiger partial charge in [-0.25, -0.2) is 0 Å². The van der Waals surface area contributed by atoms with Gasteiger partial charge in [-0.05, 0) is 53.7 Å². The van der Waals surface area contributed by atoms with Crippen LogP contribution in [0.4, 0.5) is 0 Å². The lowest BCUT2D eigenvalue weighted by atomic mass is 9.71. The molecule has 0 radical (unpaired) electrons. The van der Waals surface area contributed by atoms with Crippen molar-refractivity contribution in [3.63, 3.8) is 0 Å². The van der Waals surface area contributed by atoms with E-state index in [1.165, 1.54) is 0 Å². The number of benzene rings is 1. The summed E-state index contributed by atoms with van der Waals surface area (Å²) in [4.78, 5) is 27.9. The van der Waals surface area contributed by atoms with Gasteiger partial charge in [-0.1, -0.05) is 15.9 Å². The normalized spacial score (nSPS) is 21.3. The van der Waals surface area contributed by atoms with Gasteiger partial charge in [0.15, 0.2) is 11.6 Å². The highest BCUT2D eigenvalue weighted by atomic mass is 79.9. The number of phenolic OH excluding ortho intramolecular Hbond substituents is 1. The minimum absolute atomic E-state index is 0.0866. The van der Waals surface area contributed by atoms with Gasteiger partial charge in [0, 0.05) is 58.4 Å². The number of ketones is 2. The number of rotatable bonds is 1. The number of carbonyl (C=O) groups is 2. The van der Waals surface area contributed by atoms with Crippen LogP contribution in [0.1, 0.15) is 50.0 Å². The Balaban J connectivity index is 2.02. The van der Waals surface area contributed by atoms with Crippen molar-refractivity contribution in [1.29, 1.82) is 0 Å². The summed E-state index contributed by atoms with van der Waals surface area (Å²) < 4.78 is 1.35. The van der Waals surface area contributed by atoms with E-state index in [1.807, 2.05) is 13.1 Å². The van der Waals surface area contributed by atoms with Crippen LogP contribution in [0.2, 0.25) is 0 Å². The molecule has 0 bridgehead atoms. The molecule has 0 amide bonds. The molecule has 0 saturated heterocycles. The molecule has 0 unspecified atom stereocenters. The molecule has 3 aliphatic rings. The summed E-state index contributed by atoms with van der Waals surface area (Å²) in [6.45, 7) is 0. The molecular weight excluding hydrogens is 462 g/mol. The molecule has 4 rings (SSSR count). The lowest BCUT2D eigenvalue weighted by molar-refractivity contribution is -0.117. The highest BCUT2D eigenvalue weighted by Gasteiger charge is 2.43. The maximum Gasteiger partial charge on any atom is 0.161 e. The Bertz CT molecular complexity index is 857. The van der Waals surface area contributed by atoms with Gasteiger partial charge in [0.1, 0.15) is 5.75 Å². The van der Waals surface area contributed by atoms with Gasteiger partial charge in [-0.15, -0.1) is 0 Å². The first kappa shape index (κ1) is 18.0. The van der Waals surface area contributed by atoms with Gasteiger partial charge in [0.25, 0.3) is 0 Å². The number of halogens is 2. The van der Waals surface area contributed by atoms with E-state index in [0.29, 0.717) is 34.0 Å². The first-order valence-corrected chi connectivity index (χ1v) is 10.4. The summed E-state index contributed by atoms with van der Waals surface area (Å²) in [6.07, 6.45) is 4.31. The van der Waals surface area contributed by atoms with E-state index >= 15 is 0 Å². The smallest absolute Gasteiger partial charge is 0.161 e. The third-order valence-electron chi connectivity index (χ3n) is 5.61. The second kappa shape index (κ2) is 6.64. The second-order valence-electron chi connectivity index (χ2n) is 7.09. The molecule has 26 heavy (non-hydrogen) atoms. The largest absolute Gasteiger partial charge is 0.506 e. The quantitative estimate of drug-likeness (QED) is 0.617. The van der Waals surface area contributed by atoms with Gasteiger partial charge in [0.2, 0.25) is 0 Å². The highest BCUT2D eigenvalue weighted by molar-refractivity contribution is 9.11. The third-order valence-corrected chi connectivity index (χ3v) is 6.68. The van der Waals surface area contributed by atoms with Crippen LogP contribution < -0.4 is 0 Å². The number of allylic oxidation sites excluding steroid dienone is 4. The second-order valence-corrected chi connectivity index (χ2v) is 8.86. The molecule has 0 spiro atoms. The number of phenols is 1. The Hall–Kier alpha value is -1.40. The lowest BCUT2D eigenvalue weighted by Gasteiger charge is -2.42. The zero-order valence-electron chi connectivity index (χ0n) is 14.4. The molecule has 1 aromatic carbocycles. The predicted molar refractivity (Wildman–Crippen MR) is 106 cm³/mol. The van der Waals surface area contributed by atoms with Crippen molar-refractivity contribution < 1.29 is 14.7 Å². The molecule has 1 aliphatic heterocycles. The molecule has 136 valence electrons. The topological polar surface area (TPSA) is 57.6 Å². The fraction of sp³-hybridized carbons (Fsp3) is 0.400. The number of hydrogen-bond donors (Lipinski definition) is 1. The van der Waals surface area contributed by atoms with Crippen molar-refractivity contribution in [2.45, 2.75) is 44.4 Å². The van der Waals surface area contributed by atoms with Gasteiger partial charge >= 0.3 is 0 Å². The average Bonchev–Trinajstić information content (AvgIpc) is 2.60. The average molecular weight is 481 g/mol. The molecular formula is C20H19Br2NO3. The molecule has 2 aliphatic carbocycles. The van der Waals surface area contributed by atoms with E-state index in [-0.39, 0.29) is 17.3 Å². The van der Waals surface area contributed by atoms with Crippen LogP contribution in [0.3, 0.4) is 0 Å². The van der Waals surface area contributed by atoms with Gasteiger partial charge in [0.05, 0.1) is 4.47 Å². The fourth-order valence-corrected chi connectivity index (χ4v) is 5.73. The Morgan fingerprint density at radius 3 is 2.04 bits per heavy atom. The van der Waals surface area contributed by atoms with Crippen molar-refractivity contribution in [1.82, 2.24) is 4.90 Å². The van der Waals surface area contributed by atoms with Gasteiger partial charge in [-0.2, -0.15) is 0 Å². The number of hydrogen-bond acceptors (Lipinski definition) is 4. The van der Waals surface area contributed by atoms with Crippen LogP contribution in [0.15, 0.2) is 43.6 Å². The number of aromatic hydroxyl groups is 1. The van der Waals surface area contributed by atoms with Crippen molar-refractivity contribution in [3.8, 4) is 5.75 Å². The monoisotopic (exact) mass is 479 g/mol. The van der Waals surface area contributed by atoms with Crippen molar-refractivity contribution in [2.75, 3.05) is 7.05 Å². The minimum atomic E-state index is -0.481. The highest BCUT2D eigenvalue weighted by Crippen LogP contribution is 2.51. The molecule has 1 N–H and O–H groups in total. The Labute approximate surface area is 169 Å². The summed E-state index contributed by atoms with van der Waals surface area (Å²) in [6, 6.07) is 3.60. The molecule has 6 heteroatoms. The summed E-state index contributed by atoms with van der Waals surface area (Å²) in [5.41, 5.74) is 4.01. The predicted octanol–water partition coefficient (Wildman–Crippen LogP) is 4.96. The zero-order chi connectivity index (χ0) is 18.6. The van der Waals surface area contributed by atoms with E-state index in [0.717, 1.165) is 41.6 Å². The van der Waals surface area contributed by atoms with Crippen LogP contribution in [-0.4, -0.2) is 28.6 Å². The van der Waals surface area contributed by atoms with Crippen LogP contribution in [-0.2, 0) is 9.59 Å². The molecule has 0 fully saturated rings. The van der Waals surface area contributed by atoms with Crippen molar-refractivity contribution in [3.05, 3.63) is 49.2 Å².